The monoisotopic (exact) mass is 716 g/mol. The Morgan fingerprint density at radius 2 is 1.76 bits per heavy atom. The molecule has 2 saturated carbocycles. The van der Waals surface area contributed by atoms with E-state index in [1.165, 1.54) is 6.92 Å². The average molecular weight is 717 g/mol. The van der Waals surface area contributed by atoms with Crippen LogP contribution >= 0.6 is 0 Å². The summed E-state index contributed by atoms with van der Waals surface area (Å²) in [5, 5.41) is 49.8. The lowest BCUT2D eigenvalue weighted by molar-refractivity contribution is -0.310. The molecule has 3 N–H and O–H groups in total. The molecule has 1 heterocycles. The summed E-state index contributed by atoms with van der Waals surface area (Å²) in [6.07, 6.45) is 8.80. The standard InChI is InChI=1S/C40H62NO10/c1-10-11-13-16-25(3)38(41(48)35(6,7)23-49-38)18-15-12-14-17-31(44)50-34-26(4)39(47)29(32-36(8,9)40(32,34)51-27(5)43)20-28(22-42)21-37(46)30(39)19-24(2)33(37)45/h19-20,25-26,29-30,32,34,42,46-47H,10-18,21-23H2,1-9H3. The van der Waals surface area contributed by atoms with Crippen molar-refractivity contribution in [1.29, 1.82) is 0 Å². The topological polar surface area (TPSA) is 163 Å². The molecule has 51 heavy (non-hydrogen) atoms. The van der Waals surface area contributed by atoms with Crippen molar-refractivity contribution in [1.82, 2.24) is 5.06 Å². The molecule has 0 spiro atoms. The maximum atomic E-state index is 13.7. The molecule has 5 aliphatic rings. The quantitative estimate of drug-likeness (QED) is 0.121. The summed E-state index contributed by atoms with van der Waals surface area (Å²) in [5.74, 6) is -4.64. The van der Waals surface area contributed by atoms with Gasteiger partial charge in [0.1, 0.15) is 17.4 Å². The smallest absolute Gasteiger partial charge is 0.306 e. The van der Waals surface area contributed by atoms with E-state index in [-0.39, 0.29) is 18.8 Å². The van der Waals surface area contributed by atoms with E-state index in [9.17, 15) is 34.9 Å². The number of carbonyl (C=O) groups is 3. The summed E-state index contributed by atoms with van der Waals surface area (Å²) in [4.78, 5) is 39.7. The summed E-state index contributed by atoms with van der Waals surface area (Å²) < 4.78 is 18.7. The fraction of sp³-hybridized carbons (Fsp3) is 0.825. The number of fused-ring (bicyclic) bond motifs is 5. The molecule has 10 atom stereocenters. The Bertz CT molecular complexity index is 1440. The van der Waals surface area contributed by atoms with Crippen molar-refractivity contribution in [2.75, 3.05) is 13.2 Å². The molecule has 0 aromatic rings. The first-order valence-corrected chi connectivity index (χ1v) is 19.2. The number of rotatable bonds is 14. The lowest BCUT2D eigenvalue weighted by Gasteiger charge is -2.53. The normalized spacial score (nSPS) is 39.9. The Morgan fingerprint density at radius 3 is 2.35 bits per heavy atom. The van der Waals surface area contributed by atoms with E-state index < -0.39 is 87.6 Å². The third-order valence-electron chi connectivity index (χ3n) is 13.5. The van der Waals surface area contributed by atoms with Gasteiger partial charge in [0.15, 0.2) is 11.4 Å². The molecular formula is C40H62NO10. The number of aliphatic hydroxyl groups is 3. The van der Waals surface area contributed by atoms with E-state index >= 15 is 0 Å². The number of unbranched alkanes of at least 4 members (excludes halogenated alkanes) is 4. The Morgan fingerprint density at radius 1 is 1.08 bits per heavy atom. The van der Waals surface area contributed by atoms with Gasteiger partial charge in [-0.3, -0.25) is 14.4 Å². The van der Waals surface area contributed by atoms with Gasteiger partial charge in [-0.05, 0) is 57.6 Å². The molecule has 0 bridgehead atoms. The lowest BCUT2D eigenvalue weighted by Crippen LogP contribution is -2.66. The number of hydrogen-bond acceptors (Lipinski definition) is 10. The van der Waals surface area contributed by atoms with Gasteiger partial charge in [-0.2, -0.15) is 0 Å². The molecule has 0 aromatic heterocycles. The second-order valence-corrected chi connectivity index (χ2v) is 17.6. The first-order valence-electron chi connectivity index (χ1n) is 19.2. The number of ketones is 1. The number of aliphatic hydroxyl groups excluding tert-OH is 1. The van der Waals surface area contributed by atoms with Crippen LogP contribution in [0, 0.1) is 35.0 Å². The van der Waals surface area contributed by atoms with Crippen LogP contribution in [0.15, 0.2) is 23.3 Å². The maximum absolute atomic E-state index is 13.7. The predicted molar refractivity (Wildman–Crippen MR) is 188 cm³/mol. The Kier molecular flexibility index (Phi) is 10.9. The number of Topliss-reactive ketones (excluding diaryl/α,β-unsaturated/α-hetero) is 1. The largest absolute Gasteiger partial charge is 0.458 e. The number of esters is 2. The molecule has 4 aliphatic carbocycles. The van der Waals surface area contributed by atoms with Crippen LogP contribution in [0.25, 0.3) is 0 Å². The first kappa shape index (κ1) is 40.0. The number of carbonyl (C=O) groups excluding carboxylic acids is 3. The summed E-state index contributed by atoms with van der Waals surface area (Å²) in [5.41, 5.74) is -6.54. The summed E-state index contributed by atoms with van der Waals surface area (Å²) in [6, 6.07) is 0. The van der Waals surface area contributed by atoms with Gasteiger partial charge in [0, 0.05) is 54.8 Å². The van der Waals surface area contributed by atoms with Crippen LogP contribution in [0.1, 0.15) is 127 Å². The Hall–Kier alpha value is -2.15. The van der Waals surface area contributed by atoms with E-state index in [1.54, 1.807) is 26.0 Å². The fourth-order valence-corrected chi connectivity index (χ4v) is 10.7. The second kappa shape index (κ2) is 13.9. The molecule has 1 aliphatic heterocycles. The van der Waals surface area contributed by atoms with Crippen molar-refractivity contribution < 1.29 is 49.1 Å². The van der Waals surface area contributed by atoms with Gasteiger partial charge in [-0.15, -0.1) is 10.3 Å². The van der Waals surface area contributed by atoms with Crippen LogP contribution in [-0.4, -0.2) is 85.5 Å². The zero-order valence-electron chi connectivity index (χ0n) is 32.3. The zero-order chi connectivity index (χ0) is 37.9. The molecule has 1 saturated heterocycles. The van der Waals surface area contributed by atoms with Gasteiger partial charge in [0.2, 0.25) is 0 Å². The molecule has 1 radical (unpaired) electrons. The zero-order valence-corrected chi connectivity index (χ0v) is 32.3. The minimum atomic E-state index is -1.98. The average Bonchev–Trinajstić information content (AvgIpc) is 3.35. The lowest BCUT2D eigenvalue weighted by atomic mass is 9.59. The molecule has 11 nitrogen and oxygen atoms in total. The van der Waals surface area contributed by atoms with Crippen molar-refractivity contribution in [3.63, 3.8) is 0 Å². The molecule has 287 valence electrons. The van der Waals surface area contributed by atoms with E-state index in [0.717, 1.165) is 30.7 Å². The third kappa shape index (κ3) is 6.15. The molecule has 11 heteroatoms. The van der Waals surface area contributed by atoms with Crippen molar-refractivity contribution in [3.05, 3.63) is 23.3 Å². The van der Waals surface area contributed by atoms with Crippen LogP contribution in [0.5, 0.6) is 0 Å². The number of hydroxylamine groups is 2. The van der Waals surface area contributed by atoms with E-state index in [4.69, 9.17) is 14.2 Å². The van der Waals surface area contributed by atoms with Crippen LogP contribution in [-0.2, 0) is 33.8 Å². The van der Waals surface area contributed by atoms with E-state index in [1.807, 2.05) is 27.7 Å². The summed E-state index contributed by atoms with van der Waals surface area (Å²) in [6.45, 7) is 16.5. The molecule has 5 rings (SSSR count). The molecule has 0 aromatic carbocycles. The van der Waals surface area contributed by atoms with Gasteiger partial charge in [-0.1, -0.05) is 72.5 Å². The minimum Gasteiger partial charge on any atom is -0.458 e. The highest BCUT2D eigenvalue weighted by molar-refractivity contribution is 6.04. The summed E-state index contributed by atoms with van der Waals surface area (Å²) in [7, 11) is 0. The van der Waals surface area contributed by atoms with Crippen molar-refractivity contribution in [3.8, 4) is 0 Å². The van der Waals surface area contributed by atoms with Gasteiger partial charge in [0.25, 0.3) is 0 Å². The van der Waals surface area contributed by atoms with Crippen LogP contribution in [0.2, 0.25) is 0 Å². The van der Waals surface area contributed by atoms with Crippen molar-refractivity contribution in [2.45, 2.75) is 161 Å². The van der Waals surface area contributed by atoms with Crippen LogP contribution in [0.3, 0.4) is 0 Å². The highest BCUT2D eigenvalue weighted by atomic mass is 16.6. The molecule has 10 unspecified atom stereocenters. The Labute approximate surface area is 303 Å². The molecular weight excluding hydrogens is 654 g/mol. The van der Waals surface area contributed by atoms with Crippen molar-refractivity contribution in [2.24, 2.45) is 35.0 Å². The highest BCUT2D eigenvalue weighted by Crippen LogP contribution is 2.77. The molecule has 3 fully saturated rings. The SMILES string of the molecule is CCCCCC(C)C1(CCCCCC(=O)OC2C(C)C3(O)C(C=C(CO)CC4(O)C(=O)C(C)=CC43)C3C(C)(C)C23OC(C)=O)OCC(C)(C)N1[O]. The predicted octanol–water partition coefficient (Wildman–Crippen LogP) is 5.37. The van der Waals surface area contributed by atoms with Gasteiger partial charge in [0.05, 0.1) is 24.4 Å². The van der Waals surface area contributed by atoms with Crippen LogP contribution < -0.4 is 0 Å². The highest BCUT2D eigenvalue weighted by Gasteiger charge is 2.87. The van der Waals surface area contributed by atoms with Gasteiger partial charge in [-0.25, -0.2) is 0 Å². The third-order valence-corrected chi connectivity index (χ3v) is 13.5. The minimum absolute atomic E-state index is 0.0572. The Balaban J connectivity index is 1.34. The summed E-state index contributed by atoms with van der Waals surface area (Å²) >= 11 is 0. The maximum Gasteiger partial charge on any atom is 0.306 e. The fourth-order valence-electron chi connectivity index (χ4n) is 10.7. The van der Waals surface area contributed by atoms with Crippen LogP contribution in [0.4, 0.5) is 0 Å². The first-order chi connectivity index (χ1) is 23.7. The van der Waals surface area contributed by atoms with Crippen molar-refractivity contribution >= 4 is 17.7 Å². The number of ether oxygens (including phenoxy) is 3. The molecule has 0 amide bonds. The van der Waals surface area contributed by atoms with E-state index in [0.29, 0.717) is 43.4 Å². The number of hydrogen-bond donors (Lipinski definition) is 3. The van der Waals surface area contributed by atoms with Gasteiger partial charge < -0.3 is 29.5 Å². The second-order valence-electron chi connectivity index (χ2n) is 17.6. The number of nitrogens with zero attached hydrogens (tertiary/aromatic N) is 1. The van der Waals surface area contributed by atoms with E-state index in [2.05, 4.69) is 13.8 Å². The van der Waals surface area contributed by atoms with Gasteiger partial charge >= 0.3 is 11.9 Å².